The van der Waals surface area contributed by atoms with Crippen molar-refractivity contribution in [3.05, 3.63) is 12.1 Å². The first-order valence-electron chi connectivity index (χ1n) is 2.20. The van der Waals surface area contributed by atoms with E-state index >= 15 is 0 Å². The molecule has 0 aromatic rings. The Morgan fingerprint density at radius 2 is 2.00 bits per heavy atom. The van der Waals surface area contributed by atoms with E-state index in [1.165, 1.54) is 0 Å². The summed E-state index contributed by atoms with van der Waals surface area (Å²) in [5.41, 5.74) is 0. The zero-order valence-electron chi connectivity index (χ0n) is 5.18. The minimum atomic E-state index is -0.957. The van der Waals surface area contributed by atoms with Gasteiger partial charge in [0.2, 0.25) is 0 Å². The Morgan fingerprint density at radius 3 is 2.33 bits per heavy atom. The van der Waals surface area contributed by atoms with Crippen LogP contribution in [0.1, 0.15) is 0 Å². The first kappa shape index (κ1) is 7.94. The molecule has 0 rings (SSSR count). The van der Waals surface area contributed by atoms with Crippen LogP contribution in [0.4, 0.5) is 4.39 Å². The maximum atomic E-state index is 11.9. The number of hydrogen-bond acceptors (Lipinski definition) is 3. The van der Waals surface area contributed by atoms with E-state index in [1.54, 1.807) is 0 Å². The average molecular weight is 134 g/mol. The van der Waals surface area contributed by atoms with E-state index < -0.39 is 12.0 Å². The normalized spacial score (nSPS) is 10.8. The minimum Gasteiger partial charge on any atom is -0.474 e. The number of carbonyl (C=O) groups excluding carboxylic acids is 1. The van der Waals surface area contributed by atoms with E-state index in [9.17, 15) is 9.18 Å². The number of ether oxygens (including phenoxy) is 2. The fraction of sp³-hybridized carbons (Fsp3) is 0.400. The monoisotopic (exact) mass is 134 g/mol. The summed E-state index contributed by atoms with van der Waals surface area (Å²) in [7, 11) is 2.27. The zero-order valence-corrected chi connectivity index (χ0v) is 5.18. The topological polar surface area (TPSA) is 35.5 Å². The highest BCUT2D eigenvalue weighted by Gasteiger charge is 1.97. The molecular weight excluding hydrogens is 127 g/mol. The van der Waals surface area contributed by atoms with Crippen molar-refractivity contribution in [2.45, 2.75) is 0 Å². The van der Waals surface area contributed by atoms with Crippen LogP contribution in [0.3, 0.4) is 0 Å². The summed E-state index contributed by atoms with van der Waals surface area (Å²) in [4.78, 5) is 10.2. The lowest BCUT2D eigenvalue weighted by Gasteiger charge is -1.91. The molecule has 0 radical (unpaired) electrons. The number of carbonyl (C=O) groups is 1. The Labute approximate surface area is 52.1 Å². The van der Waals surface area contributed by atoms with Gasteiger partial charge in [0.15, 0.2) is 0 Å². The number of rotatable bonds is 2. The summed E-state index contributed by atoms with van der Waals surface area (Å²) >= 11 is 0. The van der Waals surface area contributed by atoms with Crippen LogP contribution in [0.2, 0.25) is 0 Å². The molecule has 0 aromatic carbocycles. The molecule has 0 heterocycles. The van der Waals surface area contributed by atoms with E-state index in [1.807, 2.05) is 0 Å². The predicted octanol–water partition coefficient (Wildman–Crippen LogP) is 0.617. The summed E-state index contributed by atoms with van der Waals surface area (Å²) < 4.78 is 20.0. The average Bonchev–Trinajstić information content (AvgIpc) is 1.87. The molecule has 0 aliphatic rings. The summed E-state index contributed by atoms with van der Waals surface area (Å²) in [5.74, 6) is -0.769. The molecule has 0 aromatic heterocycles. The summed E-state index contributed by atoms with van der Waals surface area (Å²) in [6, 6.07) is -0.957. The first-order chi connectivity index (χ1) is 4.20. The third-order valence-electron chi connectivity index (χ3n) is 0.628. The Bertz CT molecular complexity index is 130. The SMILES string of the molecule is COC(=O)C=C(F)OC. The molecule has 0 fully saturated rings. The van der Waals surface area contributed by atoms with Crippen LogP contribution in [0.25, 0.3) is 0 Å². The van der Waals surface area contributed by atoms with Crippen molar-refractivity contribution in [2.24, 2.45) is 0 Å². The number of halogens is 1. The van der Waals surface area contributed by atoms with Gasteiger partial charge in [0.1, 0.15) is 0 Å². The quantitative estimate of drug-likeness (QED) is 0.315. The van der Waals surface area contributed by atoms with E-state index in [4.69, 9.17) is 0 Å². The molecule has 52 valence electrons. The van der Waals surface area contributed by atoms with Gasteiger partial charge in [-0.3, -0.25) is 0 Å². The highest BCUT2D eigenvalue weighted by Crippen LogP contribution is 1.95. The van der Waals surface area contributed by atoms with Crippen molar-refractivity contribution < 1.29 is 18.7 Å². The molecule has 0 atom stereocenters. The summed E-state index contributed by atoms with van der Waals surface area (Å²) in [6.07, 6.45) is 0.611. The van der Waals surface area contributed by atoms with Gasteiger partial charge in [0.05, 0.1) is 20.3 Å². The first-order valence-corrected chi connectivity index (χ1v) is 2.20. The predicted molar refractivity (Wildman–Crippen MR) is 28.2 cm³/mol. The van der Waals surface area contributed by atoms with E-state index in [0.717, 1.165) is 14.2 Å². The van der Waals surface area contributed by atoms with Gasteiger partial charge in [-0.2, -0.15) is 4.39 Å². The van der Waals surface area contributed by atoms with E-state index in [-0.39, 0.29) is 0 Å². The Morgan fingerprint density at radius 1 is 1.44 bits per heavy atom. The molecule has 0 saturated heterocycles. The van der Waals surface area contributed by atoms with Crippen LogP contribution in [-0.4, -0.2) is 20.2 Å². The van der Waals surface area contributed by atoms with E-state index in [2.05, 4.69) is 9.47 Å². The second-order valence-corrected chi connectivity index (χ2v) is 1.18. The van der Waals surface area contributed by atoms with Crippen molar-refractivity contribution in [3.63, 3.8) is 0 Å². The van der Waals surface area contributed by atoms with Crippen molar-refractivity contribution in [1.82, 2.24) is 0 Å². The molecule has 4 heteroatoms. The van der Waals surface area contributed by atoms with Gasteiger partial charge in [-0.05, 0) is 0 Å². The summed E-state index contributed by atoms with van der Waals surface area (Å²) in [5, 5.41) is 0. The second kappa shape index (κ2) is 3.88. The maximum absolute atomic E-state index is 11.9. The van der Waals surface area contributed by atoms with Crippen LogP contribution in [0, 0.1) is 0 Å². The highest BCUT2D eigenvalue weighted by atomic mass is 19.1. The van der Waals surface area contributed by atoms with Gasteiger partial charge in [-0.25, -0.2) is 4.79 Å². The van der Waals surface area contributed by atoms with Crippen molar-refractivity contribution in [3.8, 4) is 0 Å². The number of esters is 1. The molecule has 0 aliphatic carbocycles. The van der Waals surface area contributed by atoms with Crippen LogP contribution in [-0.2, 0) is 14.3 Å². The maximum Gasteiger partial charge on any atom is 0.336 e. The van der Waals surface area contributed by atoms with Crippen LogP contribution in [0.15, 0.2) is 12.1 Å². The van der Waals surface area contributed by atoms with E-state index in [0.29, 0.717) is 6.08 Å². The Balaban J connectivity index is 3.79. The van der Waals surface area contributed by atoms with Crippen LogP contribution in [0.5, 0.6) is 0 Å². The van der Waals surface area contributed by atoms with Gasteiger partial charge in [0, 0.05) is 0 Å². The summed E-state index contributed by atoms with van der Waals surface area (Å²) in [6.45, 7) is 0. The van der Waals surface area contributed by atoms with Gasteiger partial charge in [0.25, 0.3) is 6.01 Å². The van der Waals surface area contributed by atoms with Gasteiger partial charge in [-0.15, -0.1) is 0 Å². The second-order valence-electron chi connectivity index (χ2n) is 1.18. The molecular formula is C5H7FO3. The van der Waals surface area contributed by atoms with Gasteiger partial charge >= 0.3 is 5.97 Å². The molecule has 0 saturated carbocycles. The largest absolute Gasteiger partial charge is 0.474 e. The van der Waals surface area contributed by atoms with Crippen LogP contribution < -0.4 is 0 Å². The smallest absolute Gasteiger partial charge is 0.336 e. The molecule has 0 aliphatic heterocycles. The molecule has 3 nitrogen and oxygen atoms in total. The molecule has 0 N–H and O–H groups in total. The third kappa shape index (κ3) is 3.52. The molecule has 0 bridgehead atoms. The Kier molecular flexibility index (Phi) is 3.43. The zero-order chi connectivity index (χ0) is 7.28. The standard InChI is InChI=1S/C5H7FO3/c1-8-4(6)3-5(7)9-2/h3H,1-2H3. The van der Waals surface area contributed by atoms with Crippen molar-refractivity contribution in [1.29, 1.82) is 0 Å². The lowest BCUT2D eigenvalue weighted by molar-refractivity contribution is -0.135. The highest BCUT2D eigenvalue weighted by molar-refractivity contribution is 5.81. The third-order valence-corrected chi connectivity index (χ3v) is 0.628. The Hall–Kier alpha value is -1.06. The van der Waals surface area contributed by atoms with Crippen molar-refractivity contribution in [2.75, 3.05) is 14.2 Å². The minimum absolute atomic E-state index is 0.611. The van der Waals surface area contributed by atoms with Gasteiger partial charge < -0.3 is 9.47 Å². The molecule has 0 spiro atoms. The van der Waals surface area contributed by atoms with Crippen LogP contribution >= 0.6 is 0 Å². The number of hydrogen-bond donors (Lipinski definition) is 0. The van der Waals surface area contributed by atoms with Crippen molar-refractivity contribution >= 4 is 5.97 Å². The molecule has 0 unspecified atom stereocenters. The van der Waals surface area contributed by atoms with Gasteiger partial charge in [-0.1, -0.05) is 0 Å². The molecule has 9 heavy (non-hydrogen) atoms. The fourth-order valence-electron chi connectivity index (χ4n) is 0.211. The lowest BCUT2D eigenvalue weighted by Crippen LogP contribution is -1.95. The molecule has 0 amide bonds. The lowest BCUT2D eigenvalue weighted by atomic mass is 10.6. The number of methoxy groups -OCH3 is 2. The fourth-order valence-corrected chi connectivity index (χ4v) is 0.211.